The minimum atomic E-state index is -0.242. The van der Waals surface area contributed by atoms with Gasteiger partial charge < -0.3 is 0 Å². The zero-order valence-corrected chi connectivity index (χ0v) is 10.5. The van der Waals surface area contributed by atoms with E-state index >= 15 is 0 Å². The molecule has 0 radical (unpaired) electrons. The lowest BCUT2D eigenvalue weighted by Gasteiger charge is -2.30. The normalized spacial score (nSPS) is 14.0. The fourth-order valence-corrected chi connectivity index (χ4v) is 1.96. The van der Waals surface area contributed by atoms with Crippen LogP contribution in [0.15, 0.2) is 24.3 Å². The van der Waals surface area contributed by atoms with Crippen LogP contribution in [0, 0.1) is 0 Å². The summed E-state index contributed by atoms with van der Waals surface area (Å²) >= 11 is 0. The van der Waals surface area contributed by atoms with E-state index in [1.807, 2.05) is 24.3 Å². The summed E-state index contributed by atoms with van der Waals surface area (Å²) in [6.07, 6.45) is 0.633. The van der Waals surface area contributed by atoms with E-state index in [-0.39, 0.29) is 18.2 Å². The van der Waals surface area contributed by atoms with Crippen molar-refractivity contribution in [2.45, 2.75) is 12.8 Å². The minimum absolute atomic E-state index is 0.0650. The molecular formula is C12H12N6O2. The highest BCUT2D eigenvalue weighted by atomic mass is 16.2. The molecule has 1 aromatic carbocycles. The zero-order valence-electron chi connectivity index (χ0n) is 10.5. The maximum Gasteiger partial charge on any atom is 0.243 e. The van der Waals surface area contributed by atoms with Crippen molar-refractivity contribution in [1.82, 2.24) is 31.1 Å². The van der Waals surface area contributed by atoms with Crippen LogP contribution in [0.1, 0.15) is 12.0 Å². The van der Waals surface area contributed by atoms with E-state index in [0.717, 1.165) is 11.1 Å². The van der Waals surface area contributed by atoms with E-state index in [2.05, 4.69) is 26.0 Å². The summed E-state index contributed by atoms with van der Waals surface area (Å²) in [7, 11) is 0. The SMILES string of the molecule is O=C(Cc1ccccc1-c1nn[nH]n1)NN1CCC1=O. The van der Waals surface area contributed by atoms with Crippen LogP contribution in [0.4, 0.5) is 0 Å². The lowest BCUT2D eigenvalue weighted by molar-refractivity contribution is -0.149. The Morgan fingerprint density at radius 2 is 2.25 bits per heavy atom. The van der Waals surface area contributed by atoms with Crippen LogP contribution in [0.2, 0.25) is 0 Å². The third-order valence-electron chi connectivity index (χ3n) is 3.06. The quantitative estimate of drug-likeness (QED) is 0.742. The fourth-order valence-electron chi connectivity index (χ4n) is 1.96. The van der Waals surface area contributed by atoms with Gasteiger partial charge in [-0.25, -0.2) is 0 Å². The Morgan fingerprint density at radius 3 is 2.90 bits per heavy atom. The number of aromatic nitrogens is 4. The number of nitrogens with one attached hydrogen (secondary N) is 2. The predicted molar refractivity (Wildman–Crippen MR) is 67.8 cm³/mol. The van der Waals surface area contributed by atoms with Crippen molar-refractivity contribution < 1.29 is 9.59 Å². The molecule has 1 aliphatic heterocycles. The van der Waals surface area contributed by atoms with Gasteiger partial charge in [0, 0.05) is 12.0 Å². The molecule has 20 heavy (non-hydrogen) atoms. The molecular weight excluding hydrogens is 260 g/mol. The first kappa shape index (κ1) is 12.3. The van der Waals surface area contributed by atoms with Crippen LogP contribution < -0.4 is 5.43 Å². The number of tetrazole rings is 1. The molecule has 8 heteroatoms. The standard InChI is InChI=1S/C12H12N6O2/c19-10(15-18-6-5-11(18)20)7-8-3-1-2-4-9(8)12-13-16-17-14-12/h1-4H,5-7H2,(H,15,19)(H,13,14,16,17). The summed E-state index contributed by atoms with van der Waals surface area (Å²) < 4.78 is 0. The lowest BCUT2D eigenvalue weighted by atomic mass is 10.0. The van der Waals surface area contributed by atoms with Crippen molar-refractivity contribution in [1.29, 1.82) is 0 Å². The number of aromatic amines is 1. The molecule has 2 heterocycles. The molecule has 0 unspecified atom stereocenters. The minimum Gasteiger partial charge on any atom is -0.273 e. The Bertz CT molecular complexity index is 639. The van der Waals surface area contributed by atoms with E-state index in [1.54, 1.807) is 0 Å². The maximum absolute atomic E-state index is 11.9. The van der Waals surface area contributed by atoms with E-state index in [0.29, 0.717) is 18.8 Å². The Balaban J connectivity index is 1.74. The van der Waals surface area contributed by atoms with Crippen LogP contribution in [0.3, 0.4) is 0 Å². The molecule has 2 aromatic rings. The van der Waals surface area contributed by atoms with Gasteiger partial charge in [0.15, 0.2) is 0 Å². The number of amides is 2. The van der Waals surface area contributed by atoms with Gasteiger partial charge in [-0.3, -0.25) is 20.0 Å². The molecule has 8 nitrogen and oxygen atoms in total. The summed E-state index contributed by atoms with van der Waals surface area (Å²) in [6, 6.07) is 7.32. The molecule has 1 aliphatic rings. The van der Waals surface area contributed by atoms with Gasteiger partial charge in [-0.1, -0.05) is 24.3 Å². The predicted octanol–water partition coefficient (Wildman–Crippen LogP) is -0.327. The summed E-state index contributed by atoms with van der Waals surface area (Å²) in [6.45, 7) is 0.567. The third kappa shape index (κ3) is 2.35. The molecule has 0 atom stereocenters. The number of carbonyl (C=O) groups is 2. The highest BCUT2D eigenvalue weighted by molar-refractivity contribution is 5.87. The second-order valence-corrected chi connectivity index (χ2v) is 4.40. The highest BCUT2D eigenvalue weighted by Gasteiger charge is 2.25. The van der Waals surface area contributed by atoms with Gasteiger partial charge in [0.25, 0.3) is 0 Å². The first-order valence-corrected chi connectivity index (χ1v) is 6.15. The van der Waals surface area contributed by atoms with Crippen molar-refractivity contribution in [2.24, 2.45) is 0 Å². The van der Waals surface area contributed by atoms with Crippen LogP contribution >= 0.6 is 0 Å². The molecule has 1 aromatic heterocycles. The number of carbonyl (C=O) groups excluding carboxylic acids is 2. The highest BCUT2D eigenvalue weighted by Crippen LogP contribution is 2.19. The Labute approximate surface area is 114 Å². The van der Waals surface area contributed by atoms with Gasteiger partial charge in [0.05, 0.1) is 13.0 Å². The van der Waals surface area contributed by atoms with E-state index in [1.165, 1.54) is 5.01 Å². The second-order valence-electron chi connectivity index (χ2n) is 4.40. The third-order valence-corrected chi connectivity index (χ3v) is 3.06. The van der Waals surface area contributed by atoms with Crippen molar-refractivity contribution in [3.63, 3.8) is 0 Å². The van der Waals surface area contributed by atoms with Gasteiger partial charge in [-0.2, -0.15) is 5.21 Å². The van der Waals surface area contributed by atoms with Crippen LogP contribution in [-0.2, 0) is 16.0 Å². The molecule has 1 saturated heterocycles. The average molecular weight is 272 g/mol. The van der Waals surface area contributed by atoms with Crippen molar-refractivity contribution in [3.8, 4) is 11.4 Å². The van der Waals surface area contributed by atoms with Crippen LogP contribution in [0.5, 0.6) is 0 Å². The Kier molecular flexibility index (Phi) is 3.12. The largest absolute Gasteiger partial charge is 0.273 e. The van der Waals surface area contributed by atoms with E-state index in [4.69, 9.17) is 0 Å². The van der Waals surface area contributed by atoms with Crippen molar-refractivity contribution >= 4 is 11.8 Å². The topological polar surface area (TPSA) is 104 Å². The molecule has 1 fully saturated rings. The first-order chi connectivity index (χ1) is 9.74. The number of β-lactam (4-membered cyclic amide) rings is 1. The molecule has 0 saturated carbocycles. The molecule has 3 rings (SSSR count). The Hall–Kier alpha value is -2.77. The maximum atomic E-state index is 11.9. The molecule has 0 bridgehead atoms. The zero-order chi connectivity index (χ0) is 13.9. The smallest absolute Gasteiger partial charge is 0.243 e. The molecule has 0 aliphatic carbocycles. The number of nitrogens with zero attached hydrogens (tertiary/aromatic N) is 4. The molecule has 2 amide bonds. The number of H-pyrrole nitrogens is 1. The molecule has 2 N–H and O–H groups in total. The average Bonchev–Trinajstić information content (AvgIpc) is 2.98. The number of rotatable bonds is 4. The second kappa shape index (κ2) is 5.08. The van der Waals surface area contributed by atoms with Crippen LogP contribution in [0.25, 0.3) is 11.4 Å². The Morgan fingerprint density at radius 1 is 1.40 bits per heavy atom. The summed E-state index contributed by atoms with van der Waals surface area (Å²) in [5.74, 6) is 0.132. The van der Waals surface area contributed by atoms with Gasteiger partial charge in [0.1, 0.15) is 0 Å². The monoisotopic (exact) mass is 272 g/mol. The molecule has 102 valence electrons. The van der Waals surface area contributed by atoms with Gasteiger partial charge >= 0.3 is 0 Å². The fraction of sp³-hybridized carbons (Fsp3) is 0.250. The van der Waals surface area contributed by atoms with Gasteiger partial charge in [-0.05, 0) is 10.8 Å². The van der Waals surface area contributed by atoms with Crippen LogP contribution in [-0.4, -0.2) is 44.0 Å². The molecule has 0 spiro atoms. The van der Waals surface area contributed by atoms with Gasteiger partial charge in [-0.15, -0.1) is 10.2 Å². The van der Waals surface area contributed by atoms with Gasteiger partial charge in [0.2, 0.25) is 17.6 Å². The van der Waals surface area contributed by atoms with E-state index in [9.17, 15) is 9.59 Å². The number of hydrogen-bond donors (Lipinski definition) is 2. The first-order valence-electron chi connectivity index (χ1n) is 6.15. The number of hydrazine groups is 1. The summed E-state index contributed by atoms with van der Waals surface area (Å²) in [5.41, 5.74) is 4.09. The summed E-state index contributed by atoms with van der Waals surface area (Å²) in [5, 5.41) is 15.0. The lowest BCUT2D eigenvalue weighted by Crippen LogP contribution is -2.54. The number of hydrogen-bond acceptors (Lipinski definition) is 5. The van der Waals surface area contributed by atoms with E-state index < -0.39 is 0 Å². The van der Waals surface area contributed by atoms with Crippen molar-refractivity contribution in [2.75, 3.05) is 6.54 Å². The summed E-state index contributed by atoms with van der Waals surface area (Å²) in [4.78, 5) is 23.1. The number of benzene rings is 1. The van der Waals surface area contributed by atoms with Crippen molar-refractivity contribution in [3.05, 3.63) is 29.8 Å².